The molecule has 84 valence electrons. The fourth-order valence-electron chi connectivity index (χ4n) is 2.24. The lowest BCUT2D eigenvalue weighted by Crippen LogP contribution is -2.57. The zero-order valence-corrected chi connectivity index (χ0v) is 9.45. The first kappa shape index (κ1) is 10.5. The highest BCUT2D eigenvalue weighted by Crippen LogP contribution is 2.37. The molecule has 0 bridgehead atoms. The van der Waals surface area contributed by atoms with E-state index in [0.29, 0.717) is 25.3 Å². The number of hydrogen-bond donors (Lipinski definition) is 0. The highest BCUT2D eigenvalue weighted by Gasteiger charge is 2.49. The molecule has 15 heavy (non-hydrogen) atoms. The Hall–Kier alpha value is -1.06. The Bertz CT molecular complexity index is 305. The molecule has 2 atom stereocenters. The van der Waals surface area contributed by atoms with Crippen molar-refractivity contribution in [2.24, 2.45) is 5.92 Å². The molecule has 2 unspecified atom stereocenters. The molecule has 1 saturated carbocycles. The first-order chi connectivity index (χ1) is 6.87. The predicted octanol–water partition coefficient (Wildman–Crippen LogP) is 1.58. The summed E-state index contributed by atoms with van der Waals surface area (Å²) < 4.78 is 5.26. The van der Waals surface area contributed by atoms with Gasteiger partial charge in [-0.15, -0.1) is 0 Å². The second kappa shape index (κ2) is 3.22. The predicted molar refractivity (Wildman–Crippen MR) is 54.5 cm³/mol. The van der Waals surface area contributed by atoms with E-state index in [4.69, 9.17) is 4.74 Å². The van der Waals surface area contributed by atoms with Crippen LogP contribution in [-0.4, -0.2) is 35.0 Å². The number of carbonyl (C=O) groups is 2. The van der Waals surface area contributed by atoms with Crippen LogP contribution in [0.25, 0.3) is 0 Å². The standard InChI is InChI=1S/C11H17NO3/c1-11(2,3)15-10(14)12-6-7-4-8(13)5-9(7)12/h7,9H,4-6H2,1-3H3. The van der Waals surface area contributed by atoms with E-state index in [2.05, 4.69) is 0 Å². The van der Waals surface area contributed by atoms with Crippen molar-refractivity contribution in [1.82, 2.24) is 4.90 Å². The number of rotatable bonds is 0. The van der Waals surface area contributed by atoms with Gasteiger partial charge in [0.2, 0.25) is 0 Å². The van der Waals surface area contributed by atoms with E-state index in [1.165, 1.54) is 0 Å². The molecule has 2 aliphatic rings. The van der Waals surface area contributed by atoms with Crippen LogP contribution in [0.2, 0.25) is 0 Å². The maximum atomic E-state index is 11.7. The maximum absolute atomic E-state index is 11.7. The molecule has 1 aliphatic carbocycles. The summed E-state index contributed by atoms with van der Waals surface area (Å²) >= 11 is 0. The van der Waals surface area contributed by atoms with E-state index >= 15 is 0 Å². The zero-order chi connectivity index (χ0) is 11.2. The summed E-state index contributed by atoms with van der Waals surface area (Å²) in [6, 6.07) is 0.118. The van der Waals surface area contributed by atoms with Crippen molar-refractivity contribution in [1.29, 1.82) is 0 Å². The van der Waals surface area contributed by atoms with Gasteiger partial charge < -0.3 is 9.64 Å². The summed E-state index contributed by atoms with van der Waals surface area (Å²) in [7, 11) is 0. The molecule has 0 aromatic rings. The lowest BCUT2D eigenvalue weighted by Gasteiger charge is -2.43. The molecule has 1 aliphatic heterocycles. The van der Waals surface area contributed by atoms with Crippen molar-refractivity contribution in [3.05, 3.63) is 0 Å². The molecule has 2 fully saturated rings. The van der Waals surface area contributed by atoms with Gasteiger partial charge in [0.1, 0.15) is 11.4 Å². The number of ether oxygens (including phenoxy) is 1. The minimum atomic E-state index is -0.454. The van der Waals surface area contributed by atoms with E-state index in [9.17, 15) is 9.59 Å². The van der Waals surface area contributed by atoms with Crippen LogP contribution in [0.15, 0.2) is 0 Å². The van der Waals surface area contributed by atoms with Crippen molar-refractivity contribution in [3.63, 3.8) is 0 Å². The molecule has 1 heterocycles. The minimum Gasteiger partial charge on any atom is -0.444 e. The first-order valence-corrected chi connectivity index (χ1v) is 5.38. The average Bonchev–Trinajstić information content (AvgIpc) is 2.28. The van der Waals surface area contributed by atoms with Crippen LogP contribution in [0.4, 0.5) is 4.79 Å². The number of amides is 1. The molecule has 0 N–H and O–H groups in total. The lowest BCUT2D eigenvalue weighted by atomic mass is 9.93. The number of hydrogen-bond acceptors (Lipinski definition) is 3. The fourth-order valence-corrected chi connectivity index (χ4v) is 2.24. The smallest absolute Gasteiger partial charge is 0.410 e. The van der Waals surface area contributed by atoms with Gasteiger partial charge in [-0.2, -0.15) is 0 Å². The average molecular weight is 211 g/mol. The molecule has 4 heteroatoms. The second-order valence-electron chi connectivity index (χ2n) is 5.41. The molecule has 0 aromatic carbocycles. The Morgan fingerprint density at radius 3 is 2.60 bits per heavy atom. The number of carbonyl (C=O) groups excluding carboxylic acids is 2. The third-order valence-electron chi connectivity index (χ3n) is 2.93. The highest BCUT2D eigenvalue weighted by molar-refractivity contribution is 5.84. The topological polar surface area (TPSA) is 46.6 Å². The molecule has 4 nitrogen and oxygen atoms in total. The Kier molecular flexibility index (Phi) is 2.24. The molecule has 1 saturated heterocycles. The van der Waals surface area contributed by atoms with Gasteiger partial charge in [0.05, 0.1) is 0 Å². The Labute approximate surface area is 89.6 Å². The normalized spacial score (nSPS) is 29.8. The van der Waals surface area contributed by atoms with E-state index in [1.54, 1.807) is 4.90 Å². The molecule has 0 radical (unpaired) electrons. The van der Waals surface area contributed by atoms with Crippen LogP contribution in [0.3, 0.4) is 0 Å². The number of Topliss-reactive ketones (excluding diaryl/α,β-unsaturated/α-hetero) is 1. The second-order valence-corrected chi connectivity index (χ2v) is 5.41. The summed E-state index contributed by atoms with van der Waals surface area (Å²) in [5.41, 5.74) is -0.454. The van der Waals surface area contributed by atoms with E-state index in [0.717, 1.165) is 0 Å². The Balaban J connectivity index is 1.92. The molecular weight excluding hydrogens is 194 g/mol. The van der Waals surface area contributed by atoms with Crippen LogP contribution < -0.4 is 0 Å². The highest BCUT2D eigenvalue weighted by atomic mass is 16.6. The van der Waals surface area contributed by atoms with E-state index in [-0.39, 0.29) is 17.9 Å². The van der Waals surface area contributed by atoms with Crippen LogP contribution in [0, 0.1) is 5.92 Å². The first-order valence-electron chi connectivity index (χ1n) is 5.38. The third-order valence-corrected chi connectivity index (χ3v) is 2.93. The largest absolute Gasteiger partial charge is 0.444 e. The summed E-state index contributed by atoms with van der Waals surface area (Å²) in [5.74, 6) is 0.668. The van der Waals surface area contributed by atoms with Gasteiger partial charge in [0, 0.05) is 31.3 Å². The third kappa shape index (κ3) is 1.98. The van der Waals surface area contributed by atoms with Gasteiger partial charge in [-0.1, -0.05) is 0 Å². The van der Waals surface area contributed by atoms with Crippen LogP contribution in [-0.2, 0) is 9.53 Å². The van der Waals surface area contributed by atoms with Crippen molar-refractivity contribution in [3.8, 4) is 0 Å². The van der Waals surface area contributed by atoms with Crippen molar-refractivity contribution >= 4 is 11.9 Å². The Morgan fingerprint density at radius 2 is 2.07 bits per heavy atom. The Morgan fingerprint density at radius 1 is 1.40 bits per heavy atom. The number of nitrogens with zero attached hydrogens (tertiary/aromatic N) is 1. The van der Waals surface area contributed by atoms with Crippen LogP contribution in [0.5, 0.6) is 0 Å². The minimum absolute atomic E-state index is 0.118. The molecule has 1 amide bonds. The quantitative estimate of drug-likeness (QED) is 0.611. The zero-order valence-electron chi connectivity index (χ0n) is 9.45. The molecule has 2 rings (SSSR count). The van der Waals surface area contributed by atoms with Crippen LogP contribution >= 0.6 is 0 Å². The molecule has 0 spiro atoms. The molecule has 0 aromatic heterocycles. The molecular formula is C11H17NO3. The van der Waals surface area contributed by atoms with Gasteiger partial charge in [0.25, 0.3) is 0 Å². The SMILES string of the molecule is CC(C)(C)OC(=O)N1CC2CC(=O)CC21. The van der Waals surface area contributed by atoms with Crippen molar-refractivity contribution in [2.75, 3.05) is 6.54 Å². The van der Waals surface area contributed by atoms with E-state index < -0.39 is 5.60 Å². The van der Waals surface area contributed by atoms with E-state index in [1.807, 2.05) is 20.8 Å². The van der Waals surface area contributed by atoms with Gasteiger partial charge in [-0.25, -0.2) is 4.79 Å². The van der Waals surface area contributed by atoms with Gasteiger partial charge in [0.15, 0.2) is 0 Å². The van der Waals surface area contributed by atoms with Gasteiger partial charge >= 0.3 is 6.09 Å². The summed E-state index contributed by atoms with van der Waals surface area (Å²) in [6.07, 6.45) is 0.881. The van der Waals surface area contributed by atoms with Gasteiger partial charge in [-0.3, -0.25) is 4.79 Å². The fraction of sp³-hybridized carbons (Fsp3) is 0.818. The van der Waals surface area contributed by atoms with Crippen molar-refractivity contribution in [2.45, 2.75) is 45.3 Å². The van der Waals surface area contributed by atoms with Crippen molar-refractivity contribution < 1.29 is 14.3 Å². The number of fused-ring (bicyclic) bond motifs is 1. The number of ketones is 1. The summed E-state index contributed by atoms with van der Waals surface area (Å²) in [5, 5.41) is 0. The summed E-state index contributed by atoms with van der Waals surface area (Å²) in [6.45, 7) is 6.23. The number of likely N-dealkylation sites (tertiary alicyclic amines) is 1. The lowest BCUT2D eigenvalue weighted by molar-refractivity contribution is -0.117. The maximum Gasteiger partial charge on any atom is 0.410 e. The van der Waals surface area contributed by atoms with Gasteiger partial charge in [-0.05, 0) is 20.8 Å². The summed E-state index contributed by atoms with van der Waals surface area (Å²) in [4.78, 5) is 24.5. The van der Waals surface area contributed by atoms with Crippen LogP contribution in [0.1, 0.15) is 33.6 Å². The monoisotopic (exact) mass is 211 g/mol.